The summed E-state index contributed by atoms with van der Waals surface area (Å²) < 4.78 is 0. The lowest BCUT2D eigenvalue weighted by Gasteiger charge is -2.52. The highest BCUT2D eigenvalue weighted by Crippen LogP contribution is 2.44. The molecule has 2 aliphatic rings. The summed E-state index contributed by atoms with van der Waals surface area (Å²) in [5.41, 5.74) is 4.32. The van der Waals surface area contributed by atoms with Crippen molar-refractivity contribution < 1.29 is 9.90 Å². The predicted octanol–water partition coefficient (Wildman–Crippen LogP) is 3.97. The van der Waals surface area contributed by atoms with E-state index in [-0.39, 0.29) is 24.6 Å². The average molecular weight is 389 g/mol. The number of amides is 2. The fourth-order valence-electron chi connectivity index (χ4n) is 4.76. The molecular weight excluding hydrogens is 362 g/mol. The van der Waals surface area contributed by atoms with Gasteiger partial charge in [-0.15, -0.1) is 0 Å². The standard InChI is InChI=1S/C24H27N3O2/c1-16-10-12-17(13-11-16)19-8-4-5-9-20(19)23-21(14-25)27(22(23)15-28)24(29)26-18-6-2-3-7-18/h4-5,8-13,18,21-23,28H,2-3,6-7,15H2,1H3,(H,26,29)/t21-,22-,23+/m1/s1. The van der Waals surface area contributed by atoms with Crippen molar-refractivity contribution in [3.05, 3.63) is 59.7 Å². The Hall–Kier alpha value is -2.84. The van der Waals surface area contributed by atoms with Gasteiger partial charge in [0.1, 0.15) is 6.04 Å². The molecule has 0 spiro atoms. The van der Waals surface area contributed by atoms with Crippen LogP contribution in [0.25, 0.3) is 11.1 Å². The Bertz CT molecular complexity index is 912. The maximum atomic E-state index is 12.8. The molecule has 0 radical (unpaired) electrons. The van der Waals surface area contributed by atoms with Crippen LogP contribution in [0.3, 0.4) is 0 Å². The van der Waals surface area contributed by atoms with Crippen LogP contribution in [0.4, 0.5) is 4.79 Å². The molecule has 1 saturated carbocycles. The smallest absolute Gasteiger partial charge is 0.319 e. The molecule has 2 N–H and O–H groups in total. The molecule has 0 aromatic heterocycles. The maximum absolute atomic E-state index is 12.8. The van der Waals surface area contributed by atoms with Crippen LogP contribution in [-0.2, 0) is 0 Å². The van der Waals surface area contributed by atoms with Gasteiger partial charge in [-0.1, -0.05) is 66.9 Å². The molecule has 29 heavy (non-hydrogen) atoms. The summed E-state index contributed by atoms with van der Waals surface area (Å²) in [4.78, 5) is 14.4. The first-order valence-electron chi connectivity index (χ1n) is 10.4. The molecule has 0 bridgehead atoms. The first kappa shape index (κ1) is 19.5. The van der Waals surface area contributed by atoms with E-state index in [1.807, 2.05) is 24.3 Å². The lowest BCUT2D eigenvalue weighted by Crippen LogP contribution is -2.67. The predicted molar refractivity (Wildman–Crippen MR) is 112 cm³/mol. The zero-order valence-corrected chi connectivity index (χ0v) is 16.7. The highest BCUT2D eigenvalue weighted by molar-refractivity contribution is 5.79. The van der Waals surface area contributed by atoms with Gasteiger partial charge in [0.25, 0.3) is 0 Å². The topological polar surface area (TPSA) is 76.4 Å². The number of aryl methyl sites for hydroxylation is 1. The molecule has 0 unspecified atom stereocenters. The third-order valence-corrected chi connectivity index (χ3v) is 6.33. The highest BCUT2D eigenvalue weighted by Gasteiger charge is 2.52. The van der Waals surface area contributed by atoms with E-state index in [1.54, 1.807) is 0 Å². The summed E-state index contributed by atoms with van der Waals surface area (Å²) in [5, 5.41) is 23.0. The van der Waals surface area contributed by atoms with Gasteiger partial charge in [0.05, 0.1) is 18.7 Å². The number of rotatable bonds is 4. The molecule has 5 heteroatoms. The van der Waals surface area contributed by atoms with Crippen molar-refractivity contribution in [2.24, 2.45) is 0 Å². The van der Waals surface area contributed by atoms with Crippen molar-refractivity contribution in [1.29, 1.82) is 5.26 Å². The molecule has 1 aliphatic heterocycles. The summed E-state index contributed by atoms with van der Waals surface area (Å²) >= 11 is 0. The molecule has 3 atom stereocenters. The van der Waals surface area contributed by atoms with Crippen molar-refractivity contribution in [2.45, 2.75) is 56.7 Å². The average Bonchev–Trinajstić information content (AvgIpc) is 3.22. The second-order valence-electron chi connectivity index (χ2n) is 8.14. The van der Waals surface area contributed by atoms with Gasteiger partial charge in [0.2, 0.25) is 0 Å². The minimum absolute atomic E-state index is 0.164. The number of hydrogen-bond donors (Lipinski definition) is 2. The van der Waals surface area contributed by atoms with Gasteiger partial charge in [-0.25, -0.2) is 4.79 Å². The lowest BCUT2D eigenvalue weighted by atomic mass is 9.73. The number of carbonyl (C=O) groups excluding carboxylic acids is 1. The van der Waals surface area contributed by atoms with Gasteiger partial charge in [0.15, 0.2) is 0 Å². The molecule has 4 rings (SSSR count). The first-order chi connectivity index (χ1) is 14.1. The van der Waals surface area contributed by atoms with Crippen molar-refractivity contribution in [2.75, 3.05) is 6.61 Å². The normalized spacial score (nSPS) is 24.0. The molecule has 1 heterocycles. The number of nitrogens with zero attached hydrogens (tertiary/aromatic N) is 2. The Morgan fingerprint density at radius 2 is 1.86 bits per heavy atom. The summed E-state index contributed by atoms with van der Waals surface area (Å²) in [5.74, 6) is -0.211. The molecule has 1 saturated heterocycles. The van der Waals surface area contributed by atoms with Crippen LogP contribution in [-0.4, -0.2) is 40.8 Å². The maximum Gasteiger partial charge on any atom is 0.319 e. The van der Waals surface area contributed by atoms with Crippen LogP contribution in [0.2, 0.25) is 0 Å². The number of likely N-dealkylation sites (tertiary alicyclic amines) is 1. The van der Waals surface area contributed by atoms with Crippen molar-refractivity contribution in [3.8, 4) is 17.2 Å². The van der Waals surface area contributed by atoms with E-state index in [1.165, 1.54) is 10.5 Å². The minimum atomic E-state index is -0.583. The molecule has 5 nitrogen and oxygen atoms in total. The van der Waals surface area contributed by atoms with Gasteiger partial charge in [-0.2, -0.15) is 5.26 Å². The van der Waals surface area contributed by atoms with Crippen molar-refractivity contribution in [3.63, 3.8) is 0 Å². The van der Waals surface area contributed by atoms with Crippen LogP contribution in [0.15, 0.2) is 48.5 Å². The summed E-state index contributed by atoms with van der Waals surface area (Å²) in [6, 6.07) is 17.6. The van der Waals surface area contributed by atoms with Crippen LogP contribution < -0.4 is 5.32 Å². The van der Waals surface area contributed by atoms with E-state index in [9.17, 15) is 15.2 Å². The molecule has 1 aliphatic carbocycles. The zero-order chi connectivity index (χ0) is 20.4. The third kappa shape index (κ3) is 3.61. The number of urea groups is 1. The van der Waals surface area contributed by atoms with E-state index < -0.39 is 12.1 Å². The van der Waals surface area contributed by atoms with Crippen LogP contribution >= 0.6 is 0 Å². The van der Waals surface area contributed by atoms with Crippen molar-refractivity contribution in [1.82, 2.24) is 10.2 Å². The van der Waals surface area contributed by atoms with E-state index >= 15 is 0 Å². The number of nitriles is 1. The second-order valence-corrected chi connectivity index (χ2v) is 8.14. The zero-order valence-electron chi connectivity index (χ0n) is 16.7. The van der Waals surface area contributed by atoms with E-state index in [2.05, 4.69) is 42.6 Å². The Kier molecular flexibility index (Phi) is 5.55. The number of benzene rings is 2. The summed E-state index contributed by atoms with van der Waals surface area (Å²) in [6.07, 6.45) is 4.23. The van der Waals surface area contributed by atoms with Crippen LogP contribution in [0, 0.1) is 18.3 Å². The van der Waals surface area contributed by atoms with Crippen LogP contribution in [0.5, 0.6) is 0 Å². The van der Waals surface area contributed by atoms with E-state index in [0.29, 0.717) is 0 Å². The Labute approximate surface area is 172 Å². The Morgan fingerprint density at radius 1 is 1.17 bits per heavy atom. The number of hydrogen-bond acceptors (Lipinski definition) is 3. The molecular formula is C24H27N3O2. The summed E-state index contributed by atoms with van der Waals surface area (Å²) in [6.45, 7) is 1.89. The molecule has 150 valence electrons. The largest absolute Gasteiger partial charge is 0.394 e. The van der Waals surface area contributed by atoms with E-state index in [0.717, 1.165) is 42.4 Å². The second kappa shape index (κ2) is 8.26. The van der Waals surface area contributed by atoms with Crippen LogP contribution in [0.1, 0.15) is 42.7 Å². The Balaban J connectivity index is 1.62. The Morgan fingerprint density at radius 3 is 2.52 bits per heavy atom. The SMILES string of the molecule is Cc1ccc(-c2ccccc2[C@H]2[C@@H](C#N)N(C(=O)NC3CCCC3)[C@@H]2CO)cc1. The quantitative estimate of drug-likeness (QED) is 0.831. The van der Waals surface area contributed by atoms with Gasteiger partial charge < -0.3 is 15.3 Å². The van der Waals surface area contributed by atoms with Gasteiger partial charge >= 0.3 is 6.03 Å². The number of aliphatic hydroxyl groups excluding tert-OH is 1. The summed E-state index contributed by atoms with van der Waals surface area (Å²) in [7, 11) is 0. The fraction of sp³-hybridized carbons (Fsp3) is 0.417. The fourth-order valence-corrected chi connectivity index (χ4v) is 4.76. The molecule has 2 aromatic rings. The number of aliphatic hydroxyl groups is 1. The lowest BCUT2D eigenvalue weighted by molar-refractivity contribution is 0.0160. The number of nitrogens with one attached hydrogen (secondary N) is 1. The monoisotopic (exact) mass is 389 g/mol. The van der Waals surface area contributed by atoms with Gasteiger partial charge in [-0.3, -0.25) is 0 Å². The van der Waals surface area contributed by atoms with E-state index in [4.69, 9.17) is 0 Å². The van der Waals surface area contributed by atoms with Crippen molar-refractivity contribution >= 4 is 6.03 Å². The van der Waals surface area contributed by atoms with Gasteiger partial charge in [-0.05, 0) is 36.5 Å². The van der Waals surface area contributed by atoms with Gasteiger partial charge in [0, 0.05) is 12.0 Å². The minimum Gasteiger partial charge on any atom is -0.394 e. The number of carbonyl (C=O) groups is 1. The first-order valence-corrected chi connectivity index (χ1v) is 10.4. The molecule has 2 aromatic carbocycles. The molecule has 2 fully saturated rings. The highest BCUT2D eigenvalue weighted by atomic mass is 16.3. The molecule has 2 amide bonds. The third-order valence-electron chi connectivity index (χ3n) is 6.33.